The minimum Gasteiger partial charge on any atom is -0.394 e. The molecule has 11 atom stereocenters. The molecule has 5 unspecified atom stereocenters. The molecule has 0 spiro atoms. The van der Waals surface area contributed by atoms with Gasteiger partial charge in [0.05, 0.1) is 19.8 Å². The quantitative estimate of drug-likeness (QED) is 0.0911. The van der Waals surface area contributed by atoms with Gasteiger partial charge in [-0.25, -0.2) is 4.57 Å². The van der Waals surface area contributed by atoms with Crippen molar-refractivity contribution >= 4 is 19.6 Å². The number of rotatable bonds is 11. The molecule has 2 heterocycles. The van der Waals surface area contributed by atoms with Gasteiger partial charge in [0, 0.05) is 14.0 Å². The fourth-order valence-electron chi connectivity index (χ4n) is 3.44. The molecule has 9 N–H and O–H groups in total. The Morgan fingerprint density at radius 1 is 1.03 bits per heavy atom. The number of phosphoric ester groups is 1. The van der Waals surface area contributed by atoms with E-state index in [4.69, 9.17) is 29.2 Å². The van der Waals surface area contributed by atoms with Crippen LogP contribution in [0, 0.1) is 0 Å². The summed E-state index contributed by atoms with van der Waals surface area (Å²) in [5.74, 6) is -1.94. The van der Waals surface area contributed by atoms with Crippen LogP contribution < -0.4 is 11.1 Å². The number of phosphoric acid groups is 1. The molecule has 17 nitrogen and oxygen atoms in total. The van der Waals surface area contributed by atoms with Crippen LogP contribution >= 0.6 is 7.82 Å². The van der Waals surface area contributed by atoms with E-state index in [1.165, 1.54) is 7.11 Å². The van der Waals surface area contributed by atoms with Crippen LogP contribution in [0.3, 0.4) is 0 Å². The summed E-state index contributed by atoms with van der Waals surface area (Å²) in [5.41, 5.74) is 5.15. The van der Waals surface area contributed by atoms with Gasteiger partial charge in [0.25, 0.3) is 0 Å². The van der Waals surface area contributed by atoms with Gasteiger partial charge >= 0.3 is 7.82 Å². The van der Waals surface area contributed by atoms with Gasteiger partial charge in [-0.15, -0.1) is 0 Å². The third kappa shape index (κ3) is 7.59. The second-order valence-corrected chi connectivity index (χ2v) is 9.15. The summed E-state index contributed by atoms with van der Waals surface area (Å²) in [4.78, 5) is 33.3. The Balaban J connectivity index is 2.34. The number of methoxy groups -OCH3 is 1. The SMILES string of the molecule is COCCOP(=O)(O)O[C@H]1OC(C(N)=O)[C@H](O)[C@H](O)C1O[C@@H]1OC(CO)[C@@H](O)[C@H](O)C1NC(C)=O. The molecule has 0 bridgehead atoms. The first-order chi connectivity index (χ1) is 16.3. The van der Waals surface area contributed by atoms with E-state index in [0.717, 1.165) is 6.92 Å². The lowest BCUT2D eigenvalue weighted by Crippen LogP contribution is -2.68. The zero-order chi connectivity index (χ0) is 26.5. The predicted molar refractivity (Wildman–Crippen MR) is 109 cm³/mol. The normalized spacial score (nSPS) is 39.5. The molecule has 18 heteroatoms. The molecular weight excluding hydrogens is 503 g/mol. The number of nitrogens with two attached hydrogens (primary N) is 1. The van der Waals surface area contributed by atoms with Gasteiger partial charge in [-0.1, -0.05) is 0 Å². The van der Waals surface area contributed by atoms with Gasteiger partial charge in [-0.3, -0.25) is 18.6 Å². The zero-order valence-corrected chi connectivity index (χ0v) is 19.7. The molecule has 0 radical (unpaired) electrons. The van der Waals surface area contributed by atoms with Crippen molar-refractivity contribution in [3.05, 3.63) is 0 Å². The predicted octanol–water partition coefficient (Wildman–Crippen LogP) is -4.97. The standard InChI is InChI=1S/C17H31N2O15P/c1-6(21)19-8-10(23)9(22)7(5-20)31-16(8)33-14-12(25)11(24)13(15(18)26)32-17(14)34-35(27,28)30-4-3-29-2/h7-14,16-17,20,22-25H,3-5H2,1-2H3,(H2,18,26)(H,19,21)(H,27,28)/t7?,8?,9-,10-,11-,12+,13?,14?,16+,17-/m1/s1. The lowest BCUT2D eigenvalue weighted by atomic mass is 9.95. The number of ether oxygens (including phenoxy) is 4. The maximum Gasteiger partial charge on any atom is 0.474 e. The molecule has 2 amide bonds. The monoisotopic (exact) mass is 534 g/mol. The Kier molecular flexibility index (Phi) is 10.9. The maximum atomic E-state index is 12.3. The molecule has 0 aliphatic carbocycles. The number of carbonyl (C=O) groups is 2. The summed E-state index contributed by atoms with van der Waals surface area (Å²) in [6.45, 7) is -0.202. The fraction of sp³-hybridized carbons (Fsp3) is 0.882. The summed E-state index contributed by atoms with van der Waals surface area (Å²) in [6.07, 6.45) is -16.5. The molecule has 2 aliphatic heterocycles. The van der Waals surface area contributed by atoms with Crippen molar-refractivity contribution < 1.29 is 72.6 Å². The molecular formula is C17H31N2O15P. The Labute approximate surface area is 199 Å². The van der Waals surface area contributed by atoms with E-state index >= 15 is 0 Å². The molecule has 35 heavy (non-hydrogen) atoms. The van der Waals surface area contributed by atoms with Crippen molar-refractivity contribution in [2.45, 2.75) is 68.3 Å². The van der Waals surface area contributed by atoms with Crippen LogP contribution in [0.5, 0.6) is 0 Å². The molecule has 2 fully saturated rings. The van der Waals surface area contributed by atoms with Gasteiger partial charge in [0.1, 0.15) is 42.7 Å². The Bertz CT molecular complexity index is 774. The Morgan fingerprint density at radius 2 is 1.69 bits per heavy atom. The largest absolute Gasteiger partial charge is 0.474 e. The molecule has 0 aromatic carbocycles. The van der Waals surface area contributed by atoms with Crippen molar-refractivity contribution in [2.75, 3.05) is 26.9 Å². The first-order valence-electron chi connectivity index (χ1n) is 10.3. The summed E-state index contributed by atoms with van der Waals surface area (Å²) in [6, 6.07) is -1.48. The molecule has 0 saturated carbocycles. The average molecular weight is 534 g/mol. The zero-order valence-electron chi connectivity index (χ0n) is 18.8. The highest BCUT2D eigenvalue weighted by atomic mass is 31.2. The Hall–Kier alpha value is -1.31. The molecule has 204 valence electrons. The first-order valence-corrected chi connectivity index (χ1v) is 11.8. The third-order valence-corrected chi connectivity index (χ3v) is 6.13. The van der Waals surface area contributed by atoms with Crippen LogP contribution in [-0.2, 0) is 42.1 Å². The number of carbonyl (C=O) groups excluding carboxylic acids is 2. The van der Waals surface area contributed by atoms with Crippen LogP contribution in [0.15, 0.2) is 0 Å². The highest BCUT2D eigenvalue weighted by Gasteiger charge is 2.54. The average Bonchev–Trinajstić information content (AvgIpc) is 2.77. The Morgan fingerprint density at radius 3 is 2.23 bits per heavy atom. The lowest BCUT2D eigenvalue weighted by Gasteiger charge is -2.46. The van der Waals surface area contributed by atoms with E-state index in [-0.39, 0.29) is 6.61 Å². The maximum absolute atomic E-state index is 12.3. The molecule has 0 aromatic heterocycles. The molecule has 2 rings (SSSR count). The van der Waals surface area contributed by atoms with E-state index in [9.17, 15) is 44.6 Å². The van der Waals surface area contributed by atoms with Gasteiger partial charge in [-0.05, 0) is 0 Å². The number of hydrogen-bond donors (Lipinski definition) is 8. The highest BCUT2D eigenvalue weighted by Crippen LogP contribution is 2.47. The number of primary amides is 1. The van der Waals surface area contributed by atoms with Crippen molar-refractivity contribution in [3.63, 3.8) is 0 Å². The van der Waals surface area contributed by atoms with E-state index in [0.29, 0.717) is 0 Å². The smallest absolute Gasteiger partial charge is 0.394 e. The topological polar surface area (TPSA) is 266 Å². The number of amides is 2. The summed E-state index contributed by atoms with van der Waals surface area (Å²) in [5, 5.41) is 53.1. The first kappa shape index (κ1) is 29.9. The van der Waals surface area contributed by atoms with Crippen LogP contribution in [0.25, 0.3) is 0 Å². The highest BCUT2D eigenvalue weighted by molar-refractivity contribution is 7.47. The van der Waals surface area contributed by atoms with E-state index < -0.39 is 94.2 Å². The van der Waals surface area contributed by atoms with E-state index in [2.05, 4.69) is 9.84 Å². The van der Waals surface area contributed by atoms with Crippen molar-refractivity contribution in [1.82, 2.24) is 5.32 Å². The lowest BCUT2D eigenvalue weighted by molar-refractivity contribution is -0.339. The van der Waals surface area contributed by atoms with Crippen LogP contribution in [0.1, 0.15) is 6.92 Å². The van der Waals surface area contributed by atoms with Crippen molar-refractivity contribution in [3.8, 4) is 0 Å². The minimum absolute atomic E-state index is 0.0956. The summed E-state index contributed by atoms with van der Waals surface area (Å²) in [7, 11) is -3.63. The summed E-state index contributed by atoms with van der Waals surface area (Å²) >= 11 is 0. The van der Waals surface area contributed by atoms with Crippen molar-refractivity contribution in [2.24, 2.45) is 5.73 Å². The van der Waals surface area contributed by atoms with Crippen LogP contribution in [-0.4, -0.2) is 131 Å². The number of nitrogens with one attached hydrogen (secondary N) is 1. The molecule has 2 saturated heterocycles. The molecule has 2 aliphatic rings. The van der Waals surface area contributed by atoms with Crippen molar-refractivity contribution in [1.29, 1.82) is 0 Å². The van der Waals surface area contributed by atoms with E-state index in [1.807, 2.05) is 0 Å². The van der Waals surface area contributed by atoms with Crippen LogP contribution in [0.2, 0.25) is 0 Å². The van der Waals surface area contributed by atoms with Gasteiger partial charge in [0.2, 0.25) is 11.8 Å². The van der Waals surface area contributed by atoms with E-state index in [1.54, 1.807) is 0 Å². The second-order valence-electron chi connectivity index (χ2n) is 7.74. The van der Waals surface area contributed by atoms with Gasteiger partial charge in [-0.2, -0.15) is 0 Å². The number of aliphatic hydroxyl groups is 5. The van der Waals surface area contributed by atoms with Gasteiger partial charge in [0.15, 0.2) is 18.7 Å². The van der Waals surface area contributed by atoms with Gasteiger partial charge < -0.3 is 60.4 Å². The number of aliphatic hydroxyl groups excluding tert-OH is 5. The molecule has 0 aromatic rings. The summed E-state index contributed by atoms with van der Waals surface area (Å²) < 4.78 is 42.7. The third-order valence-electron chi connectivity index (χ3n) is 5.15. The second kappa shape index (κ2) is 12.8. The minimum atomic E-state index is -4.93. The van der Waals surface area contributed by atoms with Crippen LogP contribution in [0.4, 0.5) is 0 Å². The fourth-order valence-corrected chi connectivity index (χ4v) is 4.24. The number of hydrogen-bond acceptors (Lipinski definition) is 14.